The Hall–Kier alpha value is -2.57. The van der Waals surface area contributed by atoms with Crippen LogP contribution in [0.15, 0.2) is 54.6 Å². The zero-order valence-corrected chi connectivity index (χ0v) is 12.3. The third kappa shape index (κ3) is 4.21. The Balaban J connectivity index is 0.000000172. The molecule has 3 nitrogen and oxygen atoms in total. The van der Waals surface area contributed by atoms with Gasteiger partial charge in [-0.05, 0) is 29.5 Å². The van der Waals surface area contributed by atoms with Crippen molar-refractivity contribution in [3.8, 4) is 12.3 Å². The van der Waals surface area contributed by atoms with E-state index in [1.165, 1.54) is 36.1 Å². The lowest BCUT2D eigenvalue weighted by atomic mass is 10.1. The van der Waals surface area contributed by atoms with Gasteiger partial charge in [-0.2, -0.15) is 0 Å². The average molecular weight is 292 g/mol. The number of hydrogen-bond donors (Lipinski definition) is 1. The Bertz CT molecular complexity index is 659. The lowest BCUT2D eigenvalue weighted by Gasteiger charge is -2.10. The highest BCUT2D eigenvalue weighted by Gasteiger charge is 2.20. The number of carboxylic acid groups (broad SMARTS) is 1. The standard InChI is InChI=1S/C12H13N.C7H6O2/c1-2-9-13-12-8-7-10-5-3-4-6-11(10)12;8-7(9)6-4-2-1-3-5-6/h1,3-6,12-13H,7-9H2;1-5H,(H,8,9)/p-1/t12-;/m1./s1. The topological polar surface area (TPSA) is 52.2 Å². The molecule has 1 N–H and O–H groups in total. The number of carbonyl (C=O) groups is 1. The molecule has 0 saturated carbocycles. The summed E-state index contributed by atoms with van der Waals surface area (Å²) in [4.78, 5) is 10.1. The molecule has 1 aliphatic carbocycles. The molecule has 0 aliphatic heterocycles. The van der Waals surface area contributed by atoms with Gasteiger partial charge in [-0.3, -0.25) is 5.32 Å². The van der Waals surface area contributed by atoms with Crippen molar-refractivity contribution in [3.63, 3.8) is 0 Å². The number of nitrogens with one attached hydrogen (secondary N) is 1. The summed E-state index contributed by atoms with van der Waals surface area (Å²) in [6.07, 6.45) is 7.57. The third-order valence-electron chi connectivity index (χ3n) is 3.59. The smallest absolute Gasteiger partial charge is 0.0715 e. The summed E-state index contributed by atoms with van der Waals surface area (Å²) in [5.41, 5.74) is 3.12. The van der Waals surface area contributed by atoms with Crippen molar-refractivity contribution in [1.29, 1.82) is 0 Å². The summed E-state index contributed by atoms with van der Waals surface area (Å²) < 4.78 is 0. The summed E-state index contributed by atoms with van der Waals surface area (Å²) in [5, 5.41) is 13.4. The number of fused-ring (bicyclic) bond motifs is 1. The van der Waals surface area contributed by atoms with Crippen LogP contribution in [0.3, 0.4) is 0 Å². The highest BCUT2D eigenvalue weighted by molar-refractivity contribution is 5.85. The van der Waals surface area contributed by atoms with Crippen molar-refractivity contribution < 1.29 is 9.90 Å². The SMILES string of the molecule is C#CCN[C@@H]1CCc2ccccc21.O=C([O-])c1ccccc1. The second-order valence-corrected chi connectivity index (χ2v) is 5.03. The van der Waals surface area contributed by atoms with E-state index in [4.69, 9.17) is 6.42 Å². The molecule has 0 heterocycles. The fraction of sp³-hybridized carbons (Fsp3) is 0.211. The molecule has 2 aromatic rings. The first-order valence-electron chi connectivity index (χ1n) is 7.23. The van der Waals surface area contributed by atoms with E-state index in [1.807, 2.05) is 0 Å². The molecule has 0 aromatic heterocycles. The number of hydrogen-bond acceptors (Lipinski definition) is 3. The zero-order valence-electron chi connectivity index (χ0n) is 12.3. The summed E-state index contributed by atoms with van der Waals surface area (Å²) in [6.45, 7) is 0.666. The molecule has 0 amide bonds. The van der Waals surface area contributed by atoms with E-state index in [2.05, 4.69) is 35.5 Å². The van der Waals surface area contributed by atoms with Gasteiger partial charge in [0.2, 0.25) is 0 Å². The first-order chi connectivity index (χ1) is 10.7. The number of rotatable bonds is 3. The molecule has 0 radical (unpaired) electrons. The van der Waals surface area contributed by atoms with E-state index in [-0.39, 0.29) is 5.56 Å². The van der Waals surface area contributed by atoms with E-state index >= 15 is 0 Å². The van der Waals surface area contributed by atoms with Gasteiger partial charge in [-0.15, -0.1) is 6.42 Å². The Labute approximate surface area is 131 Å². The van der Waals surface area contributed by atoms with Gasteiger partial charge < -0.3 is 9.90 Å². The maximum Gasteiger partial charge on any atom is 0.0715 e. The molecule has 0 bridgehead atoms. The van der Waals surface area contributed by atoms with E-state index in [9.17, 15) is 9.90 Å². The van der Waals surface area contributed by atoms with Crippen LogP contribution in [0.5, 0.6) is 0 Å². The van der Waals surface area contributed by atoms with Gasteiger partial charge in [0.25, 0.3) is 0 Å². The molecular formula is C19H18NO2-. The number of aromatic carboxylic acids is 1. The van der Waals surface area contributed by atoms with Gasteiger partial charge in [0, 0.05) is 6.04 Å². The van der Waals surface area contributed by atoms with E-state index in [1.54, 1.807) is 18.2 Å². The van der Waals surface area contributed by atoms with Crippen molar-refractivity contribution in [2.24, 2.45) is 0 Å². The predicted octanol–water partition coefficient (Wildman–Crippen LogP) is 1.95. The summed E-state index contributed by atoms with van der Waals surface area (Å²) >= 11 is 0. The molecule has 3 rings (SSSR count). The normalized spacial score (nSPS) is 15.1. The molecule has 0 saturated heterocycles. The summed E-state index contributed by atoms with van der Waals surface area (Å²) in [5.74, 6) is 1.49. The quantitative estimate of drug-likeness (QED) is 0.880. The molecule has 22 heavy (non-hydrogen) atoms. The number of terminal acetylenes is 1. The minimum Gasteiger partial charge on any atom is -0.545 e. The van der Waals surface area contributed by atoms with Crippen LogP contribution in [0.25, 0.3) is 0 Å². The maximum atomic E-state index is 10.1. The fourth-order valence-electron chi connectivity index (χ4n) is 2.53. The van der Waals surface area contributed by atoms with Crippen LogP contribution in [-0.2, 0) is 6.42 Å². The molecule has 112 valence electrons. The molecule has 1 atom stereocenters. The minimum atomic E-state index is -1.13. The van der Waals surface area contributed by atoms with Crippen molar-refractivity contribution in [3.05, 3.63) is 71.3 Å². The largest absolute Gasteiger partial charge is 0.545 e. The number of benzene rings is 2. The number of aryl methyl sites for hydroxylation is 1. The van der Waals surface area contributed by atoms with Crippen molar-refractivity contribution >= 4 is 5.97 Å². The highest BCUT2D eigenvalue weighted by atomic mass is 16.4. The van der Waals surface area contributed by atoms with Crippen molar-refractivity contribution in [1.82, 2.24) is 5.32 Å². The van der Waals surface area contributed by atoms with Crippen LogP contribution in [0, 0.1) is 12.3 Å². The monoisotopic (exact) mass is 292 g/mol. The second kappa shape index (κ2) is 8.02. The lowest BCUT2D eigenvalue weighted by Crippen LogP contribution is -2.21. The van der Waals surface area contributed by atoms with E-state index < -0.39 is 5.97 Å². The van der Waals surface area contributed by atoms with Crippen LogP contribution in [0.2, 0.25) is 0 Å². The van der Waals surface area contributed by atoms with Crippen molar-refractivity contribution in [2.45, 2.75) is 18.9 Å². The van der Waals surface area contributed by atoms with Crippen molar-refractivity contribution in [2.75, 3.05) is 6.54 Å². The van der Waals surface area contributed by atoms with Gasteiger partial charge in [0.1, 0.15) is 0 Å². The predicted molar refractivity (Wildman–Crippen MR) is 85.1 cm³/mol. The Morgan fingerprint density at radius 3 is 2.50 bits per heavy atom. The first-order valence-corrected chi connectivity index (χ1v) is 7.23. The van der Waals surface area contributed by atoms with Gasteiger partial charge in [-0.1, -0.05) is 60.5 Å². The number of carboxylic acids is 1. The van der Waals surface area contributed by atoms with Crippen LogP contribution in [-0.4, -0.2) is 12.5 Å². The zero-order chi connectivity index (χ0) is 15.8. The fourth-order valence-corrected chi connectivity index (χ4v) is 2.53. The molecule has 0 unspecified atom stereocenters. The van der Waals surface area contributed by atoms with Crippen LogP contribution in [0.4, 0.5) is 0 Å². The van der Waals surface area contributed by atoms with Gasteiger partial charge in [0.15, 0.2) is 0 Å². The first kappa shape index (κ1) is 15.8. The highest BCUT2D eigenvalue weighted by Crippen LogP contribution is 2.30. The second-order valence-electron chi connectivity index (χ2n) is 5.03. The maximum absolute atomic E-state index is 10.1. The van der Waals surface area contributed by atoms with Gasteiger partial charge in [0.05, 0.1) is 12.5 Å². The minimum absolute atomic E-state index is 0.220. The Morgan fingerprint density at radius 2 is 1.86 bits per heavy atom. The molecule has 1 aliphatic rings. The lowest BCUT2D eigenvalue weighted by molar-refractivity contribution is -0.255. The summed E-state index contributed by atoms with van der Waals surface area (Å²) in [6, 6.07) is 17.1. The number of carbonyl (C=O) groups excluding carboxylic acids is 1. The average Bonchev–Trinajstić information content (AvgIpc) is 2.97. The van der Waals surface area contributed by atoms with Gasteiger partial charge >= 0.3 is 0 Å². The van der Waals surface area contributed by atoms with E-state index in [0.717, 1.165) is 0 Å². The molecular weight excluding hydrogens is 274 g/mol. The van der Waals surface area contributed by atoms with Crippen LogP contribution < -0.4 is 10.4 Å². The Morgan fingerprint density at radius 1 is 1.18 bits per heavy atom. The van der Waals surface area contributed by atoms with Crippen LogP contribution in [0.1, 0.15) is 33.9 Å². The molecule has 3 heteroatoms. The van der Waals surface area contributed by atoms with Crippen LogP contribution >= 0.6 is 0 Å². The third-order valence-corrected chi connectivity index (χ3v) is 3.59. The molecule has 0 fully saturated rings. The molecule has 2 aromatic carbocycles. The van der Waals surface area contributed by atoms with E-state index in [0.29, 0.717) is 12.6 Å². The Kier molecular flexibility index (Phi) is 5.76. The summed E-state index contributed by atoms with van der Waals surface area (Å²) in [7, 11) is 0. The molecule has 0 spiro atoms. The van der Waals surface area contributed by atoms with Gasteiger partial charge in [-0.25, -0.2) is 0 Å².